The minimum atomic E-state index is -0.261. The van der Waals surface area contributed by atoms with E-state index in [0.717, 1.165) is 12.1 Å². The largest absolute Gasteiger partial charge is 0.361 e. The molecule has 2 aromatic heterocycles. The average molecular weight is 416 g/mol. The molecule has 0 saturated carbocycles. The Morgan fingerprint density at radius 2 is 2.07 bits per heavy atom. The van der Waals surface area contributed by atoms with Crippen molar-refractivity contribution in [3.63, 3.8) is 0 Å². The minimum absolute atomic E-state index is 0.0750. The Morgan fingerprint density at radius 3 is 2.87 bits per heavy atom. The molecule has 150 valence electrons. The van der Waals surface area contributed by atoms with E-state index in [-0.39, 0.29) is 17.9 Å². The SMILES string of the molecule is C[C@H]([NH2+]C[C@@H](c1cccs1)c1c[nH]c2ccccc12)C(=O)Nc1cccc(C#N)c1. The van der Waals surface area contributed by atoms with Gasteiger partial charge >= 0.3 is 0 Å². The van der Waals surface area contributed by atoms with Gasteiger partial charge in [-0.1, -0.05) is 30.3 Å². The molecule has 0 bridgehead atoms. The lowest BCUT2D eigenvalue weighted by atomic mass is 9.96. The van der Waals surface area contributed by atoms with Gasteiger partial charge in [-0.25, -0.2) is 0 Å². The Hall–Kier alpha value is -3.40. The zero-order valence-corrected chi connectivity index (χ0v) is 17.4. The van der Waals surface area contributed by atoms with E-state index >= 15 is 0 Å². The molecule has 6 heteroatoms. The summed E-state index contributed by atoms with van der Waals surface area (Å²) < 4.78 is 0. The van der Waals surface area contributed by atoms with E-state index in [4.69, 9.17) is 5.26 Å². The zero-order chi connectivity index (χ0) is 20.9. The summed E-state index contributed by atoms with van der Waals surface area (Å²) in [6.45, 7) is 2.67. The van der Waals surface area contributed by atoms with E-state index in [2.05, 4.69) is 63.6 Å². The fraction of sp³-hybridized carbons (Fsp3) is 0.167. The number of anilines is 1. The summed E-state index contributed by atoms with van der Waals surface area (Å²) in [5.74, 6) is 0.118. The molecule has 0 saturated heterocycles. The molecule has 2 atom stereocenters. The molecule has 5 nitrogen and oxygen atoms in total. The number of carbonyl (C=O) groups excluding carboxylic acids is 1. The van der Waals surface area contributed by atoms with E-state index in [1.54, 1.807) is 35.6 Å². The van der Waals surface area contributed by atoms with Gasteiger partial charge in [-0.15, -0.1) is 11.3 Å². The van der Waals surface area contributed by atoms with Gasteiger partial charge in [-0.05, 0) is 48.2 Å². The maximum Gasteiger partial charge on any atom is 0.282 e. The highest BCUT2D eigenvalue weighted by Gasteiger charge is 2.24. The number of amides is 1. The smallest absolute Gasteiger partial charge is 0.282 e. The van der Waals surface area contributed by atoms with Crippen LogP contribution < -0.4 is 10.6 Å². The molecule has 30 heavy (non-hydrogen) atoms. The van der Waals surface area contributed by atoms with Crippen LogP contribution >= 0.6 is 11.3 Å². The second-order valence-electron chi connectivity index (χ2n) is 7.30. The molecule has 4 rings (SSSR count). The Morgan fingerprint density at radius 1 is 1.20 bits per heavy atom. The molecule has 0 fully saturated rings. The molecule has 0 spiro atoms. The number of quaternary nitrogens is 1. The van der Waals surface area contributed by atoms with Gasteiger partial charge in [-0.3, -0.25) is 4.79 Å². The van der Waals surface area contributed by atoms with Crippen molar-refractivity contribution in [3.8, 4) is 6.07 Å². The Labute approximate surface area is 179 Å². The van der Waals surface area contributed by atoms with Gasteiger partial charge in [0.25, 0.3) is 5.91 Å². The normalized spacial score (nSPS) is 12.9. The highest BCUT2D eigenvalue weighted by atomic mass is 32.1. The number of benzene rings is 2. The van der Waals surface area contributed by atoms with Crippen LogP contribution in [-0.4, -0.2) is 23.5 Å². The van der Waals surface area contributed by atoms with Gasteiger partial charge in [0.2, 0.25) is 0 Å². The van der Waals surface area contributed by atoms with Crippen molar-refractivity contribution in [2.45, 2.75) is 18.9 Å². The van der Waals surface area contributed by atoms with E-state index in [9.17, 15) is 4.79 Å². The van der Waals surface area contributed by atoms with E-state index in [0.29, 0.717) is 11.3 Å². The van der Waals surface area contributed by atoms with Crippen molar-refractivity contribution >= 4 is 33.8 Å². The molecule has 2 aromatic carbocycles. The second kappa shape index (κ2) is 8.95. The zero-order valence-electron chi connectivity index (χ0n) is 16.6. The van der Waals surface area contributed by atoms with Crippen LogP contribution in [0.1, 0.15) is 28.8 Å². The van der Waals surface area contributed by atoms with Gasteiger partial charge < -0.3 is 15.6 Å². The van der Waals surface area contributed by atoms with Crippen LogP contribution in [0, 0.1) is 11.3 Å². The van der Waals surface area contributed by atoms with Crippen molar-refractivity contribution in [1.29, 1.82) is 5.26 Å². The van der Waals surface area contributed by atoms with Crippen molar-refractivity contribution in [3.05, 3.63) is 88.2 Å². The molecule has 4 aromatic rings. The third-order valence-corrected chi connectivity index (χ3v) is 6.27. The van der Waals surface area contributed by atoms with Crippen molar-refractivity contribution < 1.29 is 10.1 Å². The summed E-state index contributed by atoms with van der Waals surface area (Å²) in [6, 6.07) is 21.3. The number of nitrogens with two attached hydrogens (primary N) is 1. The lowest BCUT2D eigenvalue weighted by Gasteiger charge is -2.17. The van der Waals surface area contributed by atoms with Gasteiger partial charge in [0.1, 0.15) is 0 Å². The fourth-order valence-corrected chi connectivity index (χ4v) is 4.50. The highest BCUT2D eigenvalue weighted by molar-refractivity contribution is 7.10. The third-order valence-electron chi connectivity index (χ3n) is 5.28. The van der Waals surface area contributed by atoms with Crippen LogP contribution in [0.5, 0.6) is 0 Å². The van der Waals surface area contributed by atoms with Crippen LogP contribution in [0.3, 0.4) is 0 Å². The van der Waals surface area contributed by atoms with Crippen LogP contribution in [0.4, 0.5) is 5.69 Å². The number of aromatic amines is 1. The molecule has 1 amide bonds. The van der Waals surface area contributed by atoms with Gasteiger partial charge in [0.05, 0.1) is 24.1 Å². The summed E-state index contributed by atoms with van der Waals surface area (Å²) in [5, 5.41) is 17.3. The summed E-state index contributed by atoms with van der Waals surface area (Å²) in [5.41, 5.74) is 3.54. The first-order valence-corrected chi connectivity index (χ1v) is 10.8. The monoisotopic (exact) mass is 415 g/mol. The molecule has 0 radical (unpaired) electrons. The Bertz CT molecular complexity index is 1190. The number of H-pyrrole nitrogens is 1. The molecular weight excluding hydrogens is 392 g/mol. The molecule has 4 N–H and O–H groups in total. The fourth-order valence-electron chi connectivity index (χ4n) is 3.64. The standard InChI is InChI=1S/C24H22N4OS/c1-16(24(29)28-18-7-4-6-17(12-18)13-25)26-15-21(23-10-5-11-30-23)20-14-27-22-9-3-2-8-19(20)22/h2-12,14,16,21,26-27H,15H2,1H3,(H,28,29)/p+1/t16-,21+/m0/s1. The van der Waals surface area contributed by atoms with Crippen LogP contribution in [0.2, 0.25) is 0 Å². The summed E-state index contributed by atoms with van der Waals surface area (Å²) >= 11 is 1.74. The molecule has 0 aliphatic carbocycles. The van der Waals surface area contributed by atoms with Crippen LogP contribution in [0.15, 0.2) is 72.2 Å². The first-order chi connectivity index (χ1) is 14.7. The molecular formula is C24H23N4OS+. The number of carbonyl (C=O) groups is 1. The summed E-state index contributed by atoms with van der Waals surface area (Å²) in [6.07, 6.45) is 2.08. The van der Waals surface area contributed by atoms with E-state index in [1.807, 2.05) is 13.0 Å². The first kappa shape index (κ1) is 19.9. The van der Waals surface area contributed by atoms with Crippen molar-refractivity contribution in [2.24, 2.45) is 0 Å². The lowest BCUT2D eigenvalue weighted by molar-refractivity contribution is -0.674. The Kier molecular flexibility index (Phi) is 5.94. The van der Waals surface area contributed by atoms with E-state index < -0.39 is 0 Å². The number of aromatic nitrogens is 1. The first-order valence-electron chi connectivity index (χ1n) is 9.89. The van der Waals surface area contributed by atoms with Gasteiger partial charge in [0.15, 0.2) is 6.04 Å². The predicted molar refractivity (Wildman–Crippen MR) is 121 cm³/mol. The lowest BCUT2D eigenvalue weighted by Crippen LogP contribution is -2.92. The van der Waals surface area contributed by atoms with Gasteiger partial charge in [-0.2, -0.15) is 5.26 Å². The number of rotatable bonds is 7. The number of nitrogens with one attached hydrogen (secondary N) is 2. The number of nitriles is 1. The number of hydrogen-bond acceptors (Lipinski definition) is 3. The Balaban J connectivity index is 1.49. The number of nitrogens with zero attached hydrogens (tertiary/aromatic N) is 1. The van der Waals surface area contributed by atoms with Gasteiger partial charge in [0, 0.05) is 27.7 Å². The van der Waals surface area contributed by atoms with E-state index in [1.165, 1.54) is 15.8 Å². The topological polar surface area (TPSA) is 85.3 Å². The van der Waals surface area contributed by atoms with Crippen molar-refractivity contribution in [1.82, 2.24) is 4.98 Å². The van der Waals surface area contributed by atoms with Crippen LogP contribution in [0.25, 0.3) is 10.9 Å². The predicted octanol–water partition coefficient (Wildman–Crippen LogP) is 3.82. The summed E-state index contributed by atoms with van der Waals surface area (Å²) in [7, 11) is 0. The molecule has 0 aliphatic rings. The van der Waals surface area contributed by atoms with Crippen LogP contribution in [-0.2, 0) is 4.79 Å². The summed E-state index contributed by atoms with van der Waals surface area (Å²) in [4.78, 5) is 17.3. The number of thiophene rings is 1. The quantitative estimate of drug-likeness (QED) is 0.429. The molecule has 0 aliphatic heterocycles. The average Bonchev–Trinajstić information content (AvgIpc) is 3.45. The highest BCUT2D eigenvalue weighted by Crippen LogP contribution is 2.32. The number of para-hydroxylation sites is 1. The second-order valence-corrected chi connectivity index (χ2v) is 8.28. The van der Waals surface area contributed by atoms with Crippen molar-refractivity contribution in [2.75, 3.05) is 11.9 Å². The molecule has 0 unspecified atom stereocenters. The third kappa shape index (κ3) is 4.28. The minimum Gasteiger partial charge on any atom is -0.361 e. The maximum absolute atomic E-state index is 12.7. The number of hydrogen-bond donors (Lipinski definition) is 3. The molecule has 2 heterocycles. The number of fused-ring (bicyclic) bond motifs is 1. The maximum atomic E-state index is 12.7.